The van der Waals surface area contributed by atoms with Crippen molar-refractivity contribution in [1.29, 1.82) is 0 Å². The van der Waals surface area contributed by atoms with Gasteiger partial charge in [0, 0.05) is 114 Å². The summed E-state index contributed by atoms with van der Waals surface area (Å²) >= 11 is 0. The first-order valence-electron chi connectivity index (χ1n) is 38.5. The molecule has 109 heavy (non-hydrogen) atoms. The Hall–Kier alpha value is -13.0. The first-order valence-corrected chi connectivity index (χ1v) is 38.5. The van der Waals surface area contributed by atoms with Crippen molar-refractivity contribution in [3.05, 3.63) is 380 Å². The Bertz CT molecular complexity index is 6170. The van der Waals surface area contributed by atoms with Gasteiger partial charge in [-0.15, -0.1) is 0 Å². The highest BCUT2D eigenvalue weighted by Gasteiger charge is 2.37. The molecule has 0 heterocycles. The van der Waals surface area contributed by atoms with E-state index in [-0.39, 0.29) is 10.8 Å². The summed E-state index contributed by atoms with van der Waals surface area (Å²) in [6, 6.07) is 131. The Balaban J connectivity index is 0.000000150. The zero-order chi connectivity index (χ0) is 73.5. The van der Waals surface area contributed by atoms with E-state index in [0.717, 1.165) is 71.2 Å². The molecule has 0 saturated carbocycles. The fourth-order valence-electron chi connectivity index (χ4n) is 18.0. The van der Waals surface area contributed by atoms with E-state index < -0.39 is 0 Å². The molecule has 2 aliphatic rings. The van der Waals surface area contributed by atoms with Crippen LogP contribution in [0, 0.1) is 0 Å². The molecule has 2 aliphatic carbocycles. The molecule has 0 N–H and O–H groups in total. The van der Waals surface area contributed by atoms with Crippen LogP contribution in [0.4, 0.5) is 73.9 Å². The van der Waals surface area contributed by atoms with E-state index in [1.54, 1.807) is 0 Å². The lowest BCUT2D eigenvalue weighted by Gasteiger charge is -2.37. The lowest BCUT2D eigenvalue weighted by molar-refractivity contribution is 0.475. The molecule has 0 amide bonds. The Labute approximate surface area is 639 Å². The molecule has 0 unspecified atom stereocenters. The van der Waals surface area contributed by atoms with Gasteiger partial charge < -0.3 is 24.5 Å². The van der Waals surface area contributed by atoms with Crippen LogP contribution in [0.1, 0.15) is 62.8 Å². The molecular weight excluding hydrogens is 1320 g/mol. The third kappa shape index (κ3) is 11.5. The SMILES string of the molecule is CC1(C)CCc2cc(N(c3ccccc3)c3ccccc3)c3ccc4c(-c5ccc(-c6ccccc6)cc5)cc(N(c5ccccc5)c5ccccc5)c5cc1c2c3c45.CN(C)c1cc(N(c2ccccc2)c2ccccc2)c2cc3c4c(cc(N(c5ccccc5)c5ccccc5)c5ccc1c2c54)CCC3(C)C. The number of nitrogens with zero attached hydrogens (tertiary/aromatic N) is 5. The second-order valence-corrected chi connectivity index (χ2v) is 31.1. The molecule has 5 nitrogen and oxygen atoms in total. The van der Waals surface area contributed by atoms with Crippen LogP contribution in [0.15, 0.2) is 358 Å². The minimum atomic E-state index is -0.00656. The van der Waals surface area contributed by atoms with Crippen molar-refractivity contribution in [2.24, 2.45) is 0 Å². The minimum absolute atomic E-state index is 0.00656. The molecule has 0 spiro atoms. The quantitative estimate of drug-likeness (QED) is 0.0948. The molecule has 0 aromatic heterocycles. The summed E-state index contributed by atoms with van der Waals surface area (Å²) in [6.45, 7) is 9.77. The average Bonchev–Trinajstić information content (AvgIpc) is 0.697. The van der Waals surface area contributed by atoms with Gasteiger partial charge in [0.1, 0.15) is 0 Å². The number of hydrogen-bond acceptors (Lipinski definition) is 5. The van der Waals surface area contributed by atoms with Gasteiger partial charge in [-0.2, -0.15) is 0 Å². The largest absolute Gasteiger partial charge is 0.377 e. The van der Waals surface area contributed by atoms with Gasteiger partial charge >= 0.3 is 0 Å². The smallest absolute Gasteiger partial charge is 0.0561 e. The molecule has 0 saturated heterocycles. The van der Waals surface area contributed by atoms with Gasteiger partial charge in [-0.3, -0.25) is 0 Å². The molecule has 0 radical (unpaired) electrons. The van der Waals surface area contributed by atoms with Crippen LogP contribution in [0.25, 0.3) is 86.9 Å². The third-order valence-electron chi connectivity index (χ3n) is 23.4. The van der Waals surface area contributed by atoms with Crippen molar-refractivity contribution >= 4 is 139 Å². The van der Waals surface area contributed by atoms with Crippen LogP contribution in [0.3, 0.4) is 0 Å². The van der Waals surface area contributed by atoms with E-state index in [1.165, 1.54) is 138 Å². The Kier molecular flexibility index (Phi) is 16.6. The van der Waals surface area contributed by atoms with Gasteiger partial charge in [-0.25, -0.2) is 0 Å². The predicted octanol–water partition coefficient (Wildman–Crippen LogP) is 28.9. The molecule has 5 heteroatoms. The van der Waals surface area contributed by atoms with E-state index in [0.29, 0.717) is 0 Å². The number of para-hydroxylation sites is 8. The summed E-state index contributed by atoms with van der Waals surface area (Å²) in [4.78, 5) is 12.1. The van der Waals surface area contributed by atoms with Crippen molar-refractivity contribution in [3.8, 4) is 22.3 Å². The minimum Gasteiger partial charge on any atom is -0.377 e. The van der Waals surface area contributed by atoms with Crippen molar-refractivity contribution < 1.29 is 0 Å². The number of anilines is 13. The van der Waals surface area contributed by atoms with Crippen molar-refractivity contribution in [2.45, 2.75) is 64.2 Å². The van der Waals surface area contributed by atoms with Crippen molar-refractivity contribution in [2.75, 3.05) is 38.6 Å². The standard InChI is InChI=1S/C57H44N2.C47H41N3/c1-57(2)35-34-42-36-52(58(43-20-10-4-11-21-43)44-22-12-5-13-23-44)48-33-32-47-49(41-30-28-40(29-31-41)39-18-8-3-9-19-39)38-53(50-37-51(57)54(42)56(48)55(47)50)59(45-24-14-6-15-25-45)46-26-16-7-17-27-46;1-47(2)28-27-32-29-42(49(33-17-9-5-10-18-33)34-19-11-6-12-20-34)38-26-25-37-41(48(3)4)31-43(39-30-40(47)44(32)46(38)45(37)39)50(35-21-13-7-14-22-35)36-23-15-8-16-24-36/h3-33,36-38H,34-35H2,1-2H3;5-26,29-31H,27-28H2,1-4H3. The van der Waals surface area contributed by atoms with Crippen LogP contribution in [-0.2, 0) is 23.7 Å². The van der Waals surface area contributed by atoms with Gasteiger partial charge in [-0.1, -0.05) is 252 Å². The van der Waals surface area contributed by atoms with Crippen LogP contribution in [0.2, 0.25) is 0 Å². The van der Waals surface area contributed by atoms with E-state index in [9.17, 15) is 0 Å². The summed E-state index contributed by atoms with van der Waals surface area (Å²) in [7, 11) is 4.35. The monoisotopic (exact) mass is 1400 g/mol. The highest BCUT2D eigenvalue weighted by molar-refractivity contribution is 6.34. The van der Waals surface area contributed by atoms with Crippen molar-refractivity contribution in [1.82, 2.24) is 0 Å². The highest BCUT2D eigenvalue weighted by atomic mass is 15.2. The first kappa shape index (κ1) is 66.7. The summed E-state index contributed by atoms with van der Waals surface area (Å²) in [5.41, 5.74) is 25.8. The number of aryl methyl sites for hydroxylation is 2. The molecule has 526 valence electrons. The Morgan fingerprint density at radius 1 is 0.220 bits per heavy atom. The third-order valence-corrected chi connectivity index (χ3v) is 23.4. The second-order valence-electron chi connectivity index (χ2n) is 31.1. The molecular formula is C104H85N5. The Morgan fingerprint density at radius 3 is 0.817 bits per heavy atom. The lowest BCUT2D eigenvalue weighted by Crippen LogP contribution is -2.24. The second kappa shape index (κ2) is 27.1. The predicted molar refractivity (Wildman–Crippen MR) is 467 cm³/mol. The van der Waals surface area contributed by atoms with E-state index >= 15 is 0 Å². The fraction of sp³-hybridized carbons (Fsp3) is 0.115. The maximum atomic E-state index is 2.56. The summed E-state index contributed by atoms with van der Waals surface area (Å²) in [5.74, 6) is 0. The fourth-order valence-corrected chi connectivity index (χ4v) is 18.0. The molecule has 0 fully saturated rings. The first-order chi connectivity index (χ1) is 53.4. The summed E-state index contributed by atoms with van der Waals surface area (Å²) in [6.07, 6.45) is 4.26. The van der Waals surface area contributed by atoms with E-state index in [1.807, 2.05) is 0 Å². The average molecular weight is 1400 g/mol. The van der Waals surface area contributed by atoms with Gasteiger partial charge in [0.2, 0.25) is 0 Å². The highest BCUT2D eigenvalue weighted by Crippen LogP contribution is 2.58. The maximum absolute atomic E-state index is 2.56. The molecule has 0 bridgehead atoms. The van der Waals surface area contributed by atoms with Crippen LogP contribution in [0.5, 0.6) is 0 Å². The van der Waals surface area contributed by atoms with Gasteiger partial charge in [0.15, 0.2) is 0 Å². The normalized spacial score (nSPS) is 13.4. The van der Waals surface area contributed by atoms with Gasteiger partial charge in [-0.05, 0) is 231 Å². The van der Waals surface area contributed by atoms with Gasteiger partial charge in [0.05, 0.1) is 22.7 Å². The van der Waals surface area contributed by atoms with Crippen LogP contribution in [-0.4, -0.2) is 14.1 Å². The van der Waals surface area contributed by atoms with Crippen molar-refractivity contribution in [3.63, 3.8) is 0 Å². The molecule has 0 atom stereocenters. The number of rotatable bonds is 15. The molecule has 18 aromatic carbocycles. The summed E-state index contributed by atoms with van der Waals surface area (Å²) in [5, 5.41) is 15.9. The zero-order valence-corrected chi connectivity index (χ0v) is 62.6. The molecule has 20 rings (SSSR count). The topological polar surface area (TPSA) is 16.2 Å². The lowest BCUT2D eigenvalue weighted by atomic mass is 9.70. The molecule has 18 aromatic rings. The maximum Gasteiger partial charge on any atom is 0.0561 e. The number of benzene rings is 18. The zero-order valence-electron chi connectivity index (χ0n) is 62.6. The Morgan fingerprint density at radius 2 is 0.486 bits per heavy atom. The van der Waals surface area contributed by atoms with Crippen LogP contribution < -0.4 is 24.5 Å². The number of hydrogen-bond donors (Lipinski definition) is 0. The molecule has 0 aliphatic heterocycles. The van der Waals surface area contributed by atoms with Gasteiger partial charge in [0.25, 0.3) is 0 Å². The van der Waals surface area contributed by atoms with E-state index in [4.69, 9.17) is 0 Å². The van der Waals surface area contributed by atoms with Crippen LogP contribution >= 0.6 is 0 Å². The van der Waals surface area contributed by atoms with E-state index in [2.05, 4.69) is 424 Å². The summed E-state index contributed by atoms with van der Waals surface area (Å²) < 4.78 is 0.